The first-order valence-electron chi connectivity index (χ1n) is 16.4. The van der Waals surface area contributed by atoms with E-state index in [1.807, 2.05) is 0 Å². The molecule has 0 saturated carbocycles. The quantitative estimate of drug-likeness (QED) is 0.0544. The Balaban J connectivity index is 0. The third-order valence-electron chi connectivity index (χ3n) is 5.65. The molecule has 0 rings (SSSR count). The highest BCUT2D eigenvalue weighted by Crippen LogP contribution is 1.95. The van der Waals surface area contributed by atoms with Crippen molar-refractivity contribution in [3.8, 4) is 0 Å². The molecule has 0 unspecified atom stereocenters. The first-order valence-corrected chi connectivity index (χ1v) is 16.4. The van der Waals surface area contributed by atoms with Gasteiger partial charge in [-0.15, -0.1) is 0 Å². The van der Waals surface area contributed by atoms with Gasteiger partial charge in [0, 0.05) is 39.0 Å². The lowest BCUT2D eigenvalue weighted by molar-refractivity contribution is -0.127. The zero-order valence-electron chi connectivity index (χ0n) is 29.0. The van der Waals surface area contributed by atoms with Crippen LogP contribution in [0.3, 0.4) is 0 Å². The molecule has 292 valence electrons. The largest absolute Gasteiger partial charge is 0.377 e. The highest BCUT2D eigenvalue weighted by atomic mass is 16.5. The Morgan fingerprint density at radius 1 is 0.360 bits per heavy atom. The van der Waals surface area contributed by atoms with Crippen LogP contribution in [-0.4, -0.2) is 167 Å². The minimum Gasteiger partial charge on any atom is -0.377 e. The van der Waals surface area contributed by atoms with Crippen molar-refractivity contribution >= 4 is 35.2 Å². The van der Waals surface area contributed by atoms with E-state index in [2.05, 4.69) is 21.3 Å². The van der Waals surface area contributed by atoms with Crippen molar-refractivity contribution in [2.45, 2.75) is 40.5 Å². The highest BCUT2D eigenvalue weighted by molar-refractivity contribution is 5.79. The molecule has 0 aromatic heterocycles. The molecule has 50 heavy (non-hydrogen) atoms. The van der Waals surface area contributed by atoms with Crippen LogP contribution in [0.15, 0.2) is 0 Å². The van der Waals surface area contributed by atoms with E-state index < -0.39 is 0 Å². The summed E-state index contributed by atoms with van der Waals surface area (Å²) in [5.74, 6) is -1.03. The Labute approximate surface area is 295 Å². The van der Waals surface area contributed by atoms with Gasteiger partial charge in [0.25, 0.3) is 0 Å². The first-order chi connectivity index (χ1) is 23.7. The summed E-state index contributed by atoms with van der Waals surface area (Å²) in [5, 5.41) is 10.7. The van der Waals surface area contributed by atoms with Gasteiger partial charge in [0.2, 0.25) is 23.6 Å². The van der Waals surface area contributed by atoms with Crippen LogP contribution in [0.5, 0.6) is 0 Å². The first kappa shape index (κ1) is 49.0. The molecule has 4 amide bonds. The molecule has 0 aromatic rings. The second kappa shape index (κ2) is 37.2. The number of hydrogen-bond donors (Lipinski definition) is 4. The molecule has 4 N–H and O–H groups in total. The number of hydrogen-bond acceptors (Lipinski definition) is 14. The van der Waals surface area contributed by atoms with Gasteiger partial charge in [-0.05, 0) is 20.3 Å². The average molecular weight is 725 g/mol. The van der Waals surface area contributed by atoms with Gasteiger partial charge in [0.1, 0.15) is 26.4 Å². The maximum Gasteiger partial charge on any atom is 0.246 e. The summed E-state index contributed by atoms with van der Waals surface area (Å²) in [6, 6.07) is 0. The van der Waals surface area contributed by atoms with Crippen molar-refractivity contribution in [1.82, 2.24) is 21.3 Å². The van der Waals surface area contributed by atoms with E-state index in [4.69, 9.17) is 37.9 Å². The van der Waals surface area contributed by atoms with E-state index in [9.17, 15) is 28.8 Å². The van der Waals surface area contributed by atoms with E-state index in [1.54, 1.807) is 0 Å². The van der Waals surface area contributed by atoms with Crippen molar-refractivity contribution in [1.29, 1.82) is 0 Å². The van der Waals surface area contributed by atoms with E-state index >= 15 is 0 Å². The van der Waals surface area contributed by atoms with Crippen molar-refractivity contribution in [3.05, 3.63) is 0 Å². The van der Waals surface area contributed by atoms with Gasteiger partial charge in [0.05, 0.1) is 79.3 Å². The zero-order chi connectivity index (χ0) is 36.2. The van der Waals surface area contributed by atoms with E-state index in [0.717, 1.165) is 0 Å². The molecule has 0 saturated heterocycles. The van der Waals surface area contributed by atoms with E-state index in [1.165, 1.54) is 13.8 Å². The molecule has 0 aromatic carbocycles. The van der Waals surface area contributed by atoms with Gasteiger partial charge in [-0.3, -0.25) is 28.8 Å². The second-order valence-electron chi connectivity index (χ2n) is 10.3. The Morgan fingerprint density at radius 3 is 0.920 bits per heavy atom. The van der Waals surface area contributed by atoms with E-state index in [0.29, 0.717) is 72.2 Å². The van der Waals surface area contributed by atoms with E-state index in [-0.39, 0.29) is 122 Å². The number of carbonyl (C=O) groups is 6. The molecule has 0 radical (unpaired) electrons. The molecule has 0 bridgehead atoms. The molecular weight excluding hydrogens is 664 g/mol. The van der Waals surface area contributed by atoms with Crippen LogP contribution in [0, 0.1) is 0 Å². The maximum atomic E-state index is 11.9. The van der Waals surface area contributed by atoms with Crippen LogP contribution >= 0.6 is 0 Å². The summed E-state index contributed by atoms with van der Waals surface area (Å²) in [6.07, 6.45) is 0.806. The molecule has 0 aliphatic carbocycles. The number of rotatable bonds is 36. The molecule has 0 aliphatic heterocycles. The number of ether oxygens (including phenoxy) is 8. The summed E-state index contributed by atoms with van der Waals surface area (Å²) in [7, 11) is 0. The topological polar surface area (TPSA) is 224 Å². The minimum atomic E-state index is -0.280. The third kappa shape index (κ3) is 39.3. The summed E-state index contributed by atoms with van der Waals surface area (Å²) >= 11 is 0. The molecular formula is C32H60N4O14. The summed E-state index contributed by atoms with van der Waals surface area (Å²) < 4.78 is 41.8. The fourth-order valence-electron chi connectivity index (χ4n) is 3.38. The molecule has 18 heteroatoms. The van der Waals surface area contributed by atoms with Gasteiger partial charge in [-0.2, -0.15) is 0 Å². The fraction of sp³-hybridized carbons (Fsp3) is 0.812. The lowest BCUT2D eigenvalue weighted by Gasteiger charge is -2.09. The Bertz CT molecular complexity index is 840. The van der Waals surface area contributed by atoms with Crippen molar-refractivity contribution < 1.29 is 66.7 Å². The van der Waals surface area contributed by atoms with Crippen molar-refractivity contribution in [2.24, 2.45) is 0 Å². The average Bonchev–Trinajstić information content (AvgIpc) is 3.05. The standard InChI is InChI=1S/C31H56N4O14.CH4/c1-26(36)22-46-18-14-44-12-8-34-30(40)24-48-20-16-42-10-6-32-28(38)4-3-5-29(39)33-7-11-43-17-21-49-25-31(41)35-9-13-45-15-19-47-23-27(2)37;/h3-25H2,1-2H3,(H,32,38)(H,33,39)(H,34,40)(H,35,41);1H4. The lowest BCUT2D eigenvalue weighted by Crippen LogP contribution is -2.31. The normalized spacial score (nSPS) is 10.6. The molecule has 18 nitrogen and oxygen atoms in total. The number of nitrogens with one attached hydrogen (secondary N) is 4. The van der Waals surface area contributed by atoms with Gasteiger partial charge in [-0.25, -0.2) is 0 Å². The predicted molar refractivity (Wildman–Crippen MR) is 181 cm³/mol. The summed E-state index contributed by atoms with van der Waals surface area (Å²) in [6.45, 7) is 7.53. The Morgan fingerprint density at radius 2 is 0.620 bits per heavy atom. The van der Waals surface area contributed by atoms with Crippen LogP contribution in [-0.2, 0) is 66.7 Å². The van der Waals surface area contributed by atoms with Crippen molar-refractivity contribution in [3.63, 3.8) is 0 Å². The second-order valence-corrected chi connectivity index (χ2v) is 10.3. The Hall–Kier alpha value is -3.10. The fourth-order valence-corrected chi connectivity index (χ4v) is 3.38. The summed E-state index contributed by atoms with van der Waals surface area (Å²) in [5.41, 5.74) is 0. The van der Waals surface area contributed by atoms with Crippen molar-refractivity contribution in [2.75, 3.05) is 132 Å². The van der Waals surface area contributed by atoms with Gasteiger partial charge >= 0.3 is 0 Å². The van der Waals surface area contributed by atoms with Crippen LogP contribution < -0.4 is 21.3 Å². The number of Topliss-reactive ketones (excluding diaryl/α,β-unsaturated/α-hetero) is 2. The molecule has 0 spiro atoms. The SMILES string of the molecule is C.CC(=O)COCCOCCNC(=O)COCCOCCNC(=O)CCCC(=O)NCCOCCOCC(=O)NCCOCCOCC(C)=O. The number of ketones is 2. The number of amides is 4. The minimum absolute atomic E-state index is 0. The van der Waals surface area contributed by atoms with Gasteiger partial charge in [0.15, 0.2) is 11.6 Å². The zero-order valence-corrected chi connectivity index (χ0v) is 29.0. The maximum absolute atomic E-state index is 11.9. The lowest BCUT2D eigenvalue weighted by atomic mass is 10.2. The predicted octanol–water partition coefficient (Wildman–Crippen LogP) is -1.43. The molecule has 0 heterocycles. The summed E-state index contributed by atoms with van der Waals surface area (Å²) in [4.78, 5) is 68.7. The van der Waals surface area contributed by atoms with Gasteiger partial charge in [-0.1, -0.05) is 7.43 Å². The molecule has 0 aliphatic rings. The molecule has 0 fully saturated rings. The Kier molecular flexibility index (Phi) is 36.4. The van der Waals surface area contributed by atoms with Gasteiger partial charge < -0.3 is 59.2 Å². The van der Waals surface area contributed by atoms with Crippen LogP contribution in [0.4, 0.5) is 0 Å². The number of carbonyl (C=O) groups excluding carboxylic acids is 6. The third-order valence-corrected chi connectivity index (χ3v) is 5.65. The smallest absolute Gasteiger partial charge is 0.246 e. The molecule has 0 atom stereocenters. The monoisotopic (exact) mass is 724 g/mol. The highest BCUT2D eigenvalue weighted by Gasteiger charge is 2.06. The van der Waals surface area contributed by atoms with Crippen LogP contribution in [0.2, 0.25) is 0 Å². The van der Waals surface area contributed by atoms with Crippen LogP contribution in [0.1, 0.15) is 40.5 Å². The van der Waals surface area contributed by atoms with Crippen LogP contribution in [0.25, 0.3) is 0 Å².